The van der Waals surface area contributed by atoms with E-state index in [9.17, 15) is 57.8 Å². The highest BCUT2D eigenvalue weighted by Gasteiger charge is 2.43. The lowest BCUT2D eigenvalue weighted by atomic mass is 9.95. The predicted molar refractivity (Wildman–Crippen MR) is 271 cm³/mol. The number of hydrogen-bond donors (Lipinski definition) is 12. The smallest absolute Gasteiger partial charge is 0.326 e. The van der Waals surface area contributed by atoms with Crippen molar-refractivity contribution in [1.29, 1.82) is 0 Å². The van der Waals surface area contributed by atoms with Crippen LogP contribution in [0.2, 0.25) is 0 Å². The van der Waals surface area contributed by atoms with E-state index in [0.717, 1.165) is 0 Å². The van der Waals surface area contributed by atoms with Gasteiger partial charge in [-0.1, -0.05) is 101 Å². The molecule has 1 aliphatic heterocycles. The molecule has 0 bridgehead atoms. The molecule has 0 saturated carbocycles. The zero-order chi connectivity index (χ0) is 56.1. The second-order valence-electron chi connectivity index (χ2n) is 19.7. The minimum absolute atomic E-state index is 0.000792. The number of likely N-dealkylation sites (tertiary alicyclic amines) is 1. The minimum Gasteiger partial charge on any atom is -0.480 e. The molecule has 15 N–H and O–H groups in total. The number of imidazole rings is 1. The van der Waals surface area contributed by atoms with Crippen molar-refractivity contribution in [3.8, 4) is 0 Å². The molecule has 0 radical (unpaired) electrons. The Labute approximate surface area is 433 Å². The monoisotopic (exact) mass is 1050 g/mol. The van der Waals surface area contributed by atoms with Crippen molar-refractivity contribution < 1.29 is 57.8 Å². The lowest BCUT2D eigenvalue weighted by Gasteiger charge is -2.33. The second-order valence-corrected chi connectivity index (χ2v) is 19.7. The molecular weight excluding hydrogens is 963 g/mol. The first-order valence-electron chi connectivity index (χ1n) is 25.7. The number of amides is 10. The van der Waals surface area contributed by atoms with Gasteiger partial charge in [0.25, 0.3) is 0 Å². The number of aromatic nitrogens is 2. The molecule has 14 atom stereocenters. The van der Waals surface area contributed by atoms with E-state index in [0.29, 0.717) is 44.2 Å². The number of nitrogens with zero attached hydrogens (tertiary/aromatic N) is 2. The SMILES string of the molecule is CC[C@H](C)[C@H](N)C(=O)N[C@@H](Cc1cnc[nH]1)C(=O)N[C@H](C(=O)N1CCC[C@H]1C(=O)N[C@H](C(=O)N[C@@H](CC(N)=O)C(=O)N[C@@H](CC(N)=O)C(=O)N[C@H](C(=O)N[C@H](C(=O)O)[C@@H](C)CC)[C@@H](C)CC)[C@@H](C)CC)[C@@H](C)CC. The zero-order valence-electron chi connectivity index (χ0n) is 44.6. The number of primary amides is 2. The van der Waals surface area contributed by atoms with Crippen LogP contribution in [0.15, 0.2) is 12.5 Å². The van der Waals surface area contributed by atoms with Crippen LogP contribution < -0.4 is 54.4 Å². The van der Waals surface area contributed by atoms with E-state index in [-0.39, 0.29) is 25.3 Å². The molecular formula is C49H83N13O12. The van der Waals surface area contributed by atoms with Crippen LogP contribution >= 0.6 is 0 Å². The van der Waals surface area contributed by atoms with Crippen molar-refractivity contribution in [3.63, 3.8) is 0 Å². The van der Waals surface area contributed by atoms with Gasteiger partial charge in [0.05, 0.1) is 25.2 Å². The highest BCUT2D eigenvalue weighted by Crippen LogP contribution is 2.23. The van der Waals surface area contributed by atoms with Crippen LogP contribution in [0, 0.1) is 29.6 Å². The molecule has 0 unspecified atom stereocenters. The van der Waals surface area contributed by atoms with Crippen LogP contribution in [0.25, 0.3) is 0 Å². The van der Waals surface area contributed by atoms with Crippen molar-refractivity contribution in [2.75, 3.05) is 6.54 Å². The van der Waals surface area contributed by atoms with Gasteiger partial charge in [-0.3, -0.25) is 47.9 Å². The molecule has 1 saturated heterocycles. The second kappa shape index (κ2) is 30.5. The van der Waals surface area contributed by atoms with Gasteiger partial charge in [0.2, 0.25) is 59.1 Å². The van der Waals surface area contributed by atoms with Gasteiger partial charge in [-0.15, -0.1) is 0 Å². The van der Waals surface area contributed by atoms with Crippen LogP contribution in [-0.4, -0.2) is 146 Å². The van der Waals surface area contributed by atoms with Gasteiger partial charge in [-0.05, 0) is 42.4 Å². The summed E-state index contributed by atoms with van der Waals surface area (Å²) in [6.45, 7) is 17.5. The van der Waals surface area contributed by atoms with Gasteiger partial charge in [0.15, 0.2) is 0 Å². The summed E-state index contributed by atoms with van der Waals surface area (Å²) in [6, 6.07) is -11.8. The van der Waals surface area contributed by atoms with E-state index < -0.39 is 156 Å². The van der Waals surface area contributed by atoms with Crippen molar-refractivity contribution in [3.05, 3.63) is 18.2 Å². The Morgan fingerprint density at radius 1 is 0.595 bits per heavy atom. The van der Waals surface area contributed by atoms with Crippen molar-refractivity contribution >= 4 is 65.0 Å². The summed E-state index contributed by atoms with van der Waals surface area (Å²) >= 11 is 0. The van der Waals surface area contributed by atoms with Gasteiger partial charge >= 0.3 is 5.97 Å². The topological polar surface area (TPSA) is 402 Å². The van der Waals surface area contributed by atoms with E-state index in [1.54, 1.807) is 48.5 Å². The highest BCUT2D eigenvalue weighted by molar-refractivity contribution is 6.00. The first-order chi connectivity index (χ1) is 34.8. The molecule has 74 heavy (non-hydrogen) atoms. The maximum atomic E-state index is 14.5. The molecule has 0 aliphatic carbocycles. The number of carboxylic acids is 1. The number of H-pyrrole nitrogens is 1. The van der Waals surface area contributed by atoms with E-state index in [1.807, 2.05) is 20.8 Å². The average molecular weight is 1050 g/mol. The summed E-state index contributed by atoms with van der Waals surface area (Å²) in [5, 5.41) is 27.8. The van der Waals surface area contributed by atoms with Crippen molar-refractivity contribution in [2.45, 2.75) is 188 Å². The Balaban J connectivity index is 2.39. The quantitative estimate of drug-likeness (QED) is 0.0401. The summed E-state index contributed by atoms with van der Waals surface area (Å²) in [7, 11) is 0. The Morgan fingerprint density at radius 3 is 1.50 bits per heavy atom. The Morgan fingerprint density at radius 2 is 1.01 bits per heavy atom. The van der Waals surface area contributed by atoms with Crippen molar-refractivity contribution in [1.82, 2.24) is 52.1 Å². The number of aromatic amines is 1. The summed E-state index contributed by atoms with van der Waals surface area (Å²) in [5.41, 5.74) is 17.7. The van der Waals surface area contributed by atoms with Crippen molar-refractivity contribution in [2.24, 2.45) is 46.8 Å². The summed E-state index contributed by atoms with van der Waals surface area (Å²) < 4.78 is 0. The Kier molecular flexibility index (Phi) is 26.2. The van der Waals surface area contributed by atoms with Gasteiger partial charge in [0.1, 0.15) is 48.3 Å². The van der Waals surface area contributed by atoms with Gasteiger partial charge in [0, 0.05) is 24.9 Å². The molecule has 1 aromatic rings. The largest absolute Gasteiger partial charge is 0.480 e. The fourth-order valence-corrected chi connectivity index (χ4v) is 8.21. The zero-order valence-corrected chi connectivity index (χ0v) is 44.6. The third kappa shape index (κ3) is 18.7. The third-order valence-corrected chi connectivity index (χ3v) is 14.2. The highest BCUT2D eigenvalue weighted by atomic mass is 16.4. The van der Waals surface area contributed by atoms with Gasteiger partial charge < -0.3 is 69.4 Å². The third-order valence-electron chi connectivity index (χ3n) is 14.2. The van der Waals surface area contributed by atoms with E-state index in [2.05, 4.69) is 47.2 Å². The number of carboxylic acid groups (broad SMARTS) is 1. The number of carbonyl (C=O) groups excluding carboxylic acids is 10. The Bertz CT molecular complexity index is 2110. The lowest BCUT2D eigenvalue weighted by Crippen LogP contribution is -2.62. The first-order valence-corrected chi connectivity index (χ1v) is 25.7. The lowest BCUT2D eigenvalue weighted by molar-refractivity contribution is -0.144. The molecule has 416 valence electrons. The minimum atomic E-state index is -1.77. The molecule has 2 rings (SSSR count). The Hall–Kier alpha value is -6.66. The number of nitrogens with one attached hydrogen (secondary N) is 8. The first kappa shape index (κ1) is 63.5. The fraction of sp³-hybridized carbons (Fsp3) is 0.714. The van der Waals surface area contributed by atoms with Crippen LogP contribution in [0.5, 0.6) is 0 Å². The average Bonchev–Trinajstić information content (AvgIpc) is 4.08. The number of hydrogen-bond acceptors (Lipinski definition) is 13. The van der Waals surface area contributed by atoms with E-state index in [1.165, 1.54) is 17.4 Å². The van der Waals surface area contributed by atoms with Gasteiger partial charge in [-0.2, -0.15) is 0 Å². The summed E-state index contributed by atoms with van der Waals surface area (Å²) in [4.78, 5) is 156. The van der Waals surface area contributed by atoms with Crippen LogP contribution in [0.1, 0.15) is 133 Å². The van der Waals surface area contributed by atoms with Crippen LogP contribution in [0.4, 0.5) is 0 Å². The van der Waals surface area contributed by atoms with Gasteiger partial charge in [-0.25, -0.2) is 9.78 Å². The number of aliphatic carboxylic acids is 1. The molecule has 10 amide bonds. The molecule has 0 spiro atoms. The summed E-state index contributed by atoms with van der Waals surface area (Å²) in [6.07, 6.45) is 4.01. The van der Waals surface area contributed by atoms with Crippen LogP contribution in [0.3, 0.4) is 0 Å². The molecule has 2 heterocycles. The normalized spacial score (nSPS) is 18.6. The number of rotatable bonds is 32. The molecule has 1 fully saturated rings. The van der Waals surface area contributed by atoms with E-state index >= 15 is 0 Å². The molecule has 25 nitrogen and oxygen atoms in total. The van der Waals surface area contributed by atoms with Crippen LogP contribution in [-0.2, 0) is 59.2 Å². The molecule has 25 heteroatoms. The molecule has 1 aromatic heterocycles. The molecule has 0 aromatic carbocycles. The number of carbonyl (C=O) groups is 11. The maximum Gasteiger partial charge on any atom is 0.326 e. The predicted octanol–water partition coefficient (Wildman–Crippen LogP) is -1.27. The van der Waals surface area contributed by atoms with E-state index in [4.69, 9.17) is 17.2 Å². The molecule has 1 aliphatic rings. The summed E-state index contributed by atoms with van der Waals surface area (Å²) in [5.74, 6) is -12.2. The maximum absolute atomic E-state index is 14.5. The standard InChI is InChI=1S/C49H83N13O12/c1-11-24(6)36(52)45(69)56-30(19-29-22-53-23-54-29)42(66)60-39(27(9)14-4)48(72)62-18-16-17-33(62)44(68)59-37(25(7)12-2)46(70)57-31(20-34(50)63)41(65)55-32(21-35(51)64)43(67)58-38(26(8)13-3)47(71)61-40(49(73)74)28(10)15-5/h22-28,30-33,36-40H,11-21,52H2,1-10H3,(H2,50,63)(H2,51,64)(H,53,54)(H,55,65)(H,56,69)(H,57,70)(H,58,67)(H,59,68)(H,60,66)(H,61,71)(H,73,74)/t24-,25-,26-,27-,28-,30-,31-,32-,33-,36-,37-,38-,39-,40-/m0/s1. The fourth-order valence-electron chi connectivity index (χ4n) is 8.21. The number of nitrogens with two attached hydrogens (primary N) is 3.